The molecular weight excluding hydrogens is 252 g/mol. The molecule has 0 radical (unpaired) electrons. The van der Waals surface area contributed by atoms with Gasteiger partial charge in [-0.25, -0.2) is 0 Å². The average Bonchev–Trinajstić information content (AvgIpc) is 3.24. The maximum atomic E-state index is 12.2. The molecule has 1 amide bonds. The molecule has 3 aliphatic rings. The lowest BCUT2D eigenvalue weighted by Crippen LogP contribution is -2.55. The van der Waals surface area contributed by atoms with Crippen LogP contribution < -0.4 is 0 Å². The Morgan fingerprint density at radius 1 is 1.15 bits per heavy atom. The van der Waals surface area contributed by atoms with Crippen LogP contribution in [0.1, 0.15) is 30.1 Å². The number of benzene rings is 1. The number of amides is 1. The van der Waals surface area contributed by atoms with Crippen molar-refractivity contribution in [1.29, 1.82) is 0 Å². The Hall–Kier alpha value is -1.39. The molecule has 2 aliphatic carbocycles. The van der Waals surface area contributed by atoms with Gasteiger partial charge in [-0.05, 0) is 30.4 Å². The molecule has 2 fully saturated rings. The molecule has 4 rings (SSSR count). The number of carbonyl (C=O) groups is 1. The van der Waals surface area contributed by atoms with E-state index in [4.69, 9.17) is 0 Å². The summed E-state index contributed by atoms with van der Waals surface area (Å²) in [7, 11) is 0. The highest BCUT2D eigenvalue weighted by Crippen LogP contribution is 2.35. The second kappa shape index (κ2) is 4.57. The second-order valence-corrected chi connectivity index (χ2v) is 6.20. The summed E-state index contributed by atoms with van der Waals surface area (Å²) in [6, 6.07) is 8.65. The van der Waals surface area contributed by atoms with Gasteiger partial charge in [-0.1, -0.05) is 24.3 Å². The third-order valence-electron chi connectivity index (χ3n) is 4.91. The maximum absolute atomic E-state index is 12.2. The molecule has 4 heteroatoms. The van der Waals surface area contributed by atoms with Crippen molar-refractivity contribution in [3.05, 3.63) is 35.4 Å². The second-order valence-electron chi connectivity index (χ2n) is 6.20. The Bertz CT molecular complexity index is 541. The van der Waals surface area contributed by atoms with Crippen LogP contribution in [0.3, 0.4) is 0 Å². The summed E-state index contributed by atoms with van der Waals surface area (Å²) in [6.07, 6.45) is 2.74. The highest BCUT2D eigenvalue weighted by molar-refractivity contribution is 5.79. The van der Waals surface area contributed by atoms with Gasteiger partial charge in [-0.3, -0.25) is 9.69 Å². The first kappa shape index (κ1) is 12.4. The van der Waals surface area contributed by atoms with Gasteiger partial charge in [0.25, 0.3) is 0 Å². The largest absolute Gasteiger partial charge is 0.387 e. The van der Waals surface area contributed by atoms with Crippen LogP contribution in [0.15, 0.2) is 24.3 Å². The molecule has 20 heavy (non-hydrogen) atoms. The average molecular weight is 272 g/mol. The first-order chi connectivity index (χ1) is 9.74. The minimum absolute atomic E-state index is 0.0673. The molecule has 1 N–H and O–H groups in total. The number of piperazine rings is 1. The smallest absolute Gasteiger partial charge is 0.237 e. The lowest BCUT2D eigenvalue weighted by Gasteiger charge is -2.38. The molecule has 4 nitrogen and oxygen atoms in total. The van der Waals surface area contributed by atoms with Crippen LogP contribution in [-0.4, -0.2) is 52.5 Å². The fourth-order valence-electron chi connectivity index (χ4n) is 3.64. The SMILES string of the molecule is O=C1CN([C@@H]2Cc3ccccc3[C@H]2O)CCN1C1CC1. The number of rotatable bonds is 2. The van der Waals surface area contributed by atoms with E-state index in [-0.39, 0.29) is 11.9 Å². The Morgan fingerprint density at radius 2 is 1.95 bits per heavy atom. The van der Waals surface area contributed by atoms with Crippen molar-refractivity contribution in [3.8, 4) is 0 Å². The summed E-state index contributed by atoms with van der Waals surface area (Å²) in [4.78, 5) is 16.4. The van der Waals surface area contributed by atoms with Crippen molar-refractivity contribution < 1.29 is 9.90 Å². The van der Waals surface area contributed by atoms with Crippen LogP contribution in [0.25, 0.3) is 0 Å². The molecule has 1 saturated carbocycles. The number of hydrogen-bond donors (Lipinski definition) is 1. The molecule has 0 aromatic heterocycles. The lowest BCUT2D eigenvalue weighted by molar-refractivity contribution is -0.138. The van der Waals surface area contributed by atoms with Crippen molar-refractivity contribution >= 4 is 5.91 Å². The molecular formula is C16H20N2O2. The molecule has 106 valence electrons. The van der Waals surface area contributed by atoms with E-state index in [1.54, 1.807) is 0 Å². The molecule has 1 aliphatic heterocycles. The van der Waals surface area contributed by atoms with Crippen LogP contribution in [-0.2, 0) is 11.2 Å². The van der Waals surface area contributed by atoms with Gasteiger partial charge in [0.05, 0.1) is 12.6 Å². The Labute approximate surface area is 119 Å². The third-order valence-corrected chi connectivity index (χ3v) is 4.91. The van der Waals surface area contributed by atoms with Crippen LogP contribution in [0.2, 0.25) is 0 Å². The summed E-state index contributed by atoms with van der Waals surface area (Å²) >= 11 is 0. The minimum Gasteiger partial charge on any atom is -0.387 e. The molecule has 0 unspecified atom stereocenters. The Kier molecular flexibility index (Phi) is 2.82. The number of hydrogen-bond acceptors (Lipinski definition) is 3. The van der Waals surface area contributed by atoms with E-state index in [2.05, 4.69) is 11.0 Å². The number of carbonyl (C=O) groups excluding carboxylic acids is 1. The lowest BCUT2D eigenvalue weighted by atomic mass is 10.1. The fourth-order valence-corrected chi connectivity index (χ4v) is 3.64. The predicted octanol–water partition coefficient (Wildman–Crippen LogP) is 0.951. The summed E-state index contributed by atoms with van der Waals surface area (Å²) in [5.41, 5.74) is 2.26. The number of nitrogens with zero attached hydrogens (tertiary/aromatic N) is 2. The Morgan fingerprint density at radius 3 is 2.65 bits per heavy atom. The molecule has 1 aromatic rings. The molecule has 0 spiro atoms. The van der Waals surface area contributed by atoms with Gasteiger partial charge in [0.2, 0.25) is 5.91 Å². The van der Waals surface area contributed by atoms with E-state index in [1.165, 1.54) is 18.4 Å². The van der Waals surface area contributed by atoms with Gasteiger partial charge in [-0.2, -0.15) is 0 Å². The van der Waals surface area contributed by atoms with E-state index >= 15 is 0 Å². The molecule has 2 atom stereocenters. The van der Waals surface area contributed by atoms with E-state index in [9.17, 15) is 9.90 Å². The quantitative estimate of drug-likeness (QED) is 0.872. The zero-order chi connectivity index (χ0) is 13.7. The molecule has 1 aromatic carbocycles. The number of aliphatic hydroxyl groups is 1. The monoisotopic (exact) mass is 272 g/mol. The van der Waals surface area contributed by atoms with Crippen LogP contribution in [0.4, 0.5) is 0 Å². The van der Waals surface area contributed by atoms with Crippen molar-refractivity contribution in [3.63, 3.8) is 0 Å². The van der Waals surface area contributed by atoms with Crippen LogP contribution in [0.5, 0.6) is 0 Å². The maximum Gasteiger partial charge on any atom is 0.237 e. The van der Waals surface area contributed by atoms with E-state index < -0.39 is 6.10 Å². The summed E-state index contributed by atoms with van der Waals surface area (Å²) in [6.45, 7) is 2.17. The van der Waals surface area contributed by atoms with Crippen molar-refractivity contribution in [2.45, 2.75) is 37.5 Å². The minimum atomic E-state index is -0.452. The molecule has 0 bridgehead atoms. The summed E-state index contributed by atoms with van der Waals surface area (Å²) < 4.78 is 0. The highest BCUT2D eigenvalue weighted by atomic mass is 16.3. The summed E-state index contributed by atoms with van der Waals surface area (Å²) in [5, 5.41) is 10.5. The van der Waals surface area contributed by atoms with Gasteiger partial charge in [0.15, 0.2) is 0 Å². The molecule has 1 heterocycles. The van der Waals surface area contributed by atoms with E-state index in [1.807, 2.05) is 23.1 Å². The number of aliphatic hydroxyl groups excluding tert-OH is 1. The fraction of sp³-hybridized carbons (Fsp3) is 0.562. The van der Waals surface area contributed by atoms with E-state index in [0.29, 0.717) is 12.6 Å². The van der Waals surface area contributed by atoms with Gasteiger partial charge in [0.1, 0.15) is 0 Å². The highest BCUT2D eigenvalue weighted by Gasteiger charge is 2.41. The third kappa shape index (κ3) is 1.95. The zero-order valence-corrected chi connectivity index (χ0v) is 11.5. The zero-order valence-electron chi connectivity index (χ0n) is 11.5. The van der Waals surface area contributed by atoms with Gasteiger partial charge < -0.3 is 10.0 Å². The Balaban J connectivity index is 1.49. The van der Waals surface area contributed by atoms with Gasteiger partial charge in [-0.15, -0.1) is 0 Å². The summed E-state index contributed by atoms with van der Waals surface area (Å²) in [5.74, 6) is 0.238. The normalized spacial score (nSPS) is 30.6. The first-order valence-electron chi connectivity index (χ1n) is 7.53. The topological polar surface area (TPSA) is 43.8 Å². The van der Waals surface area contributed by atoms with Crippen molar-refractivity contribution in [2.24, 2.45) is 0 Å². The standard InChI is InChI=1S/C16H20N2O2/c19-15-10-17(7-8-18(15)12-5-6-12)14-9-11-3-1-2-4-13(11)16(14)20/h1-4,12,14,16,20H,5-10H2/t14-,16-/m1/s1. The van der Waals surface area contributed by atoms with Crippen LogP contribution in [0, 0.1) is 0 Å². The van der Waals surface area contributed by atoms with Crippen LogP contribution >= 0.6 is 0 Å². The number of fused-ring (bicyclic) bond motifs is 1. The van der Waals surface area contributed by atoms with Crippen molar-refractivity contribution in [2.75, 3.05) is 19.6 Å². The van der Waals surface area contributed by atoms with Crippen molar-refractivity contribution in [1.82, 2.24) is 9.80 Å². The molecule has 1 saturated heterocycles. The van der Waals surface area contributed by atoms with E-state index in [0.717, 1.165) is 25.1 Å². The first-order valence-corrected chi connectivity index (χ1v) is 7.53. The predicted molar refractivity (Wildman–Crippen MR) is 75.2 cm³/mol. The van der Waals surface area contributed by atoms with Gasteiger partial charge >= 0.3 is 0 Å². The van der Waals surface area contributed by atoms with Gasteiger partial charge in [0, 0.05) is 25.2 Å².